The molecule has 3 aliphatic rings. The fourth-order valence-corrected chi connectivity index (χ4v) is 8.21. The zero-order valence-corrected chi connectivity index (χ0v) is 25.9. The number of carbonyl (C=O) groups is 1. The molecule has 4 unspecified atom stereocenters. The largest absolute Gasteiger partial charge is 0.471 e. The Bertz CT molecular complexity index is 1950. The normalized spacial score (nSPS) is 24.4. The lowest BCUT2D eigenvalue weighted by Crippen LogP contribution is -2.43. The number of hydrogen-bond donors (Lipinski definition) is 1. The smallest absolute Gasteiger partial charge is 0.320 e. The first-order chi connectivity index (χ1) is 22.1. The van der Waals surface area contributed by atoms with Crippen molar-refractivity contribution in [3.8, 4) is 23.0 Å². The van der Waals surface area contributed by atoms with E-state index in [1.165, 1.54) is 24.3 Å². The lowest BCUT2D eigenvalue weighted by Gasteiger charge is -2.30. The van der Waals surface area contributed by atoms with Crippen LogP contribution in [-0.2, 0) is 4.79 Å². The molecule has 0 radical (unpaired) electrons. The Hall–Kier alpha value is -4.41. The van der Waals surface area contributed by atoms with Gasteiger partial charge in [-0.05, 0) is 50.1 Å². The summed E-state index contributed by atoms with van der Waals surface area (Å²) in [5.41, 5.74) is 5.89. The third kappa shape index (κ3) is 4.82. The average molecular weight is 649 g/mol. The number of fused-ring (bicyclic) bond motifs is 3. The predicted octanol–water partition coefficient (Wildman–Crippen LogP) is 6.43. The second-order valence-corrected chi connectivity index (χ2v) is 13.2. The molecule has 7 rings (SSSR count). The molecule has 0 bridgehead atoms. The van der Waals surface area contributed by atoms with Crippen molar-refractivity contribution in [2.45, 2.75) is 56.5 Å². The Labute approximate surface area is 267 Å². The number of carbonyl (C=O) groups excluding carboxylic acids is 1. The first-order valence-electron chi connectivity index (χ1n) is 15.1. The number of anilines is 1. The third-order valence-corrected chi connectivity index (χ3v) is 10.6. The number of aromatic nitrogens is 2. The van der Waals surface area contributed by atoms with Crippen molar-refractivity contribution in [2.75, 3.05) is 32.0 Å². The van der Waals surface area contributed by atoms with Gasteiger partial charge in [0.05, 0.1) is 33.2 Å². The van der Waals surface area contributed by atoms with Crippen molar-refractivity contribution >= 4 is 48.9 Å². The molecule has 2 N–H and O–H groups in total. The molecule has 4 atom stereocenters. The summed E-state index contributed by atoms with van der Waals surface area (Å²) in [4.78, 5) is 28.7. The second kappa shape index (κ2) is 11.4. The van der Waals surface area contributed by atoms with Crippen LogP contribution in [0, 0.1) is 18.2 Å². The van der Waals surface area contributed by atoms with Gasteiger partial charge in [-0.3, -0.25) is 9.69 Å². The van der Waals surface area contributed by atoms with E-state index < -0.39 is 29.4 Å². The SMILES string of the molecule is [C-]#[N+]c1c(N)sc2c(F)ccc(-c3ccc4c(OC5CCN(C(=O)C=C)C5C)nc(OCC56CCCN5CC(F)C6)nc4c3F)c12. The minimum absolute atomic E-state index is 0.0571. The minimum atomic E-state index is -0.954. The van der Waals surface area contributed by atoms with Gasteiger partial charge in [0.1, 0.15) is 30.2 Å². The lowest BCUT2D eigenvalue weighted by molar-refractivity contribution is -0.127. The van der Waals surface area contributed by atoms with Crippen LogP contribution in [0.4, 0.5) is 23.9 Å². The molecule has 2 aromatic carbocycles. The van der Waals surface area contributed by atoms with Crippen LogP contribution in [0.1, 0.15) is 32.6 Å². The first-order valence-corrected chi connectivity index (χ1v) is 16.0. The Morgan fingerprint density at radius 2 is 2.07 bits per heavy atom. The molecule has 238 valence electrons. The average Bonchev–Trinajstić information content (AvgIpc) is 3.78. The number of benzene rings is 2. The summed E-state index contributed by atoms with van der Waals surface area (Å²) in [5.74, 6) is -1.43. The molecule has 13 heteroatoms. The number of halogens is 3. The van der Waals surface area contributed by atoms with Gasteiger partial charge in [0.2, 0.25) is 17.5 Å². The summed E-state index contributed by atoms with van der Waals surface area (Å²) in [6, 6.07) is 5.34. The van der Waals surface area contributed by atoms with Gasteiger partial charge in [-0.25, -0.2) is 18.0 Å². The van der Waals surface area contributed by atoms with Gasteiger partial charge in [-0.2, -0.15) is 9.97 Å². The molecular formula is C33H31F3N6O3S. The van der Waals surface area contributed by atoms with E-state index in [-0.39, 0.29) is 67.7 Å². The summed E-state index contributed by atoms with van der Waals surface area (Å²) in [7, 11) is 0. The van der Waals surface area contributed by atoms with Crippen LogP contribution in [0.5, 0.6) is 11.9 Å². The maximum atomic E-state index is 16.7. The highest BCUT2D eigenvalue weighted by atomic mass is 32.1. The Morgan fingerprint density at radius 3 is 2.85 bits per heavy atom. The Kier molecular flexibility index (Phi) is 7.52. The van der Waals surface area contributed by atoms with Crippen molar-refractivity contribution in [3.05, 3.63) is 60.0 Å². The van der Waals surface area contributed by atoms with Crippen LogP contribution in [0.3, 0.4) is 0 Å². The fraction of sp³-hybridized carbons (Fsp3) is 0.394. The van der Waals surface area contributed by atoms with Crippen LogP contribution in [0.2, 0.25) is 0 Å². The molecule has 3 aliphatic heterocycles. The zero-order chi connectivity index (χ0) is 32.3. The van der Waals surface area contributed by atoms with Gasteiger partial charge in [-0.1, -0.05) is 18.7 Å². The molecule has 3 saturated heterocycles. The number of thiophene rings is 1. The number of rotatable bonds is 7. The van der Waals surface area contributed by atoms with Gasteiger partial charge < -0.3 is 20.1 Å². The van der Waals surface area contributed by atoms with E-state index in [1.807, 2.05) is 6.92 Å². The summed E-state index contributed by atoms with van der Waals surface area (Å²) >= 11 is 0.937. The van der Waals surface area contributed by atoms with Gasteiger partial charge in [0.25, 0.3) is 0 Å². The monoisotopic (exact) mass is 648 g/mol. The van der Waals surface area contributed by atoms with Crippen molar-refractivity contribution < 1.29 is 27.4 Å². The number of nitrogen functional groups attached to an aromatic ring is 1. The van der Waals surface area contributed by atoms with Crippen LogP contribution < -0.4 is 15.2 Å². The summed E-state index contributed by atoms with van der Waals surface area (Å²) in [6.45, 7) is 14.8. The summed E-state index contributed by atoms with van der Waals surface area (Å²) in [5, 5.41) is 0.642. The van der Waals surface area contributed by atoms with Crippen molar-refractivity contribution in [3.63, 3.8) is 0 Å². The predicted molar refractivity (Wildman–Crippen MR) is 170 cm³/mol. The fourth-order valence-electron chi connectivity index (χ4n) is 7.27. The standard InChI is InChI=1S/C33H31F3N6O3S/c1-4-24(43)42-13-10-23(17(42)2)45-31-21-7-6-20(19-8-9-22(35)29-25(19)28(38-3)30(37)46-29)26(36)27(21)39-32(40-31)44-16-33-11-5-12-41(33)15-18(34)14-33/h4,6-9,17-18,23H,1,5,10-16,37H2,2H3. The highest BCUT2D eigenvalue weighted by Gasteiger charge is 2.49. The maximum absolute atomic E-state index is 16.7. The lowest BCUT2D eigenvalue weighted by atomic mass is 9.95. The molecule has 4 aromatic rings. The number of nitrogens with zero attached hydrogens (tertiary/aromatic N) is 5. The first kappa shape index (κ1) is 30.3. The van der Waals surface area contributed by atoms with Gasteiger partial charge in [0, 0.05) is 36.9 Å². The zero-order valence-electron chi connectivity index (χ0n) is 25.1. The van der Waals surface area contributed by atoms with Crippen molar-refractivity contribution in [1.29, 1.82) is 0 Å². The van der Waals surface area contributed by atoms with Gasteiger partial charge in [-0.15, -0.1) is 11.3 Å². The molecule has 0 aliphatic carbocycles. The molecule has 0 spiro atoms. The van der Waals surface area contributed by atoms with Crippen LogP contribution in [-0.4, -0.2) is 75.8 Å². The van der Waals surface area contributed by atoms with E-state index in [1.54, 1.807) is 11.0 Å². The van der Waals surface area contributed by atoms with E-state index >= 15 is 4.39 Å². The van der Waals surface area contributed by atoms with E-state index in [4.69, 9.17) is 21.8 Å². The van der Waals surface area contributed by atoms with Crippen molar-refractivity contribution in [2.24, 2.45) is 0 Å². The van der Waals surface area contributed by atoms with Crippen molar-refractivity contribution in [1.82, 2.24) is 19.8 Å². The summed E-state index contributed by atoms with van der Waals surface area (Å²) < 4.78 is 58.5. The van der Waals surface area contributed by atoms with Gasteiger partial charge >= 0.3 is 6.01 Å². The summed E-state index contributed by atoms with van der Waals surface area (Å²) in [6.07, 6.45) is 2.40. The Balaban J connectivity index is 1.33. The molecule has 0 saturated carbocycles. The minimum Gasteiger partial charge on any atom is -0.471 e. The number of likely N-dealkylation sites (tertiary alicyclic amines) is 1. The quantitative estimate of drug-likeness (QED) is 0.182. The number of amides is 1. The van der Waals surface area contributed by atoms with Crippen LogP contribution in [0.25, 0.3) is 37.0 Å². The molecule has 5 heterocycles. The van der Waals surface area contributed by atoms with Crippen LogP contribution in [0.15, 0.2) is 36.9 Å². The molecule has 1 amide bonds. The topological polar surface area (TPSA) is 98.2 Å². The van der Waals surface area contributed by atoms with Crippen LogP contribution >= 0.6 is 11.3 Å². The molecule has 46 heavy (non-hydrogen) atoms. The van der Waals surface area contributed by atoms with E-state index in [2.05, 4.69) is 26.3 Å². The van der Waals surface area contributed by atoms with Gasteiger partial charge in [0.15, 0.2) is 5.82 Å². The molecule has 2 aromatic heterocycles. The number of hydrogen-bond acceptors (Lipinski definition) is 8. The number of nitrogens with two attached hydrogens (primary N) is 1. The Morgan fingerprint density at radius 1 is 1.26 bits per heavy atom. The van der Waals surface area contributed by atoms with E-state index in [9.17, 15) is 13.6 Å². The highest BCUT2D eigenvalue weighted by molar-refractivity contribution is 7.23. The molecule has 9 nitrogen and oxygen atoms in total. The highest BCUT2D eigenvalue weighted by Crippen LogP contribution is 2.47. The van der Waals surface area contributed by atoms with E-state index in [0.29, 0.717) is 31.5 Å². The molecule has 3 fully saturated rings. The second-order valence-electron chi connectivity index (χ2n) is 12.1. The number of alkyl halides is 1. The third-order valence-electron chi connectivity index (χ3n) is 9.58. The maximum Gasteiger partial charge on any atom is 0.320 e. The molecular weight excluding hydrogens is 617 g/mol. The number of ether oxygens (including phenoxy) is 2. The van der Waals surface area contributed by atoms with E-state index in [0.717, 1.165) is 30.7 Å².